The third-order valence-corrected chi connectivity index (χ3v) is 8.15. The standard InChI is InChI=1S/C26H30N4O3S/c1-17-21-13-12-20(34(2,32)33)15-24(21)29-26(27-17)30-14-6-9-19(16-30)25(31)28-23-11-5-8-18-7-3-4-10-22(18)23/h3-4,7,10,12-13,15,19,23H,5-6,8-9,11,14,16H2,1-2H3,(H,28,31)/t19-,23+/m1/s1. The van der Waals surface area contributed by atoms with Crippen LogP contribution in [0.4, 0.5) is 5.95 Å². The van der Waals surface area contributed by atoms with Crippen molar-refractivity contribution in [2.75, 3.05) is 24.2 Å². The number of aryl methyl sites for hydroxylation is 2. The second-order valence-corrected chi connectivity index (χ2v) is 11.5. The number of fused-ring (bicyclic) bond motifs is 2. The minimum absolute atomic E-state index is 0.0707. The van der Waals surface area contributed by atoms with E-state index in [9.17, 15) is 13.2 Å². The third-order valence-electron chi connectivity index (χ3n) is 7.04. The molecule has 1 aliphatic carbocycles. The Morgan fingerprint density at radius 1 is 1.09 bits per heavy atom. The first-order chi connectivity index (χ1) is 16.3. The number of benzene rings is 2. The van der Waals surface area contributed by atoms with Gasteiger partial charge in [0, 0.05) is 24.7 Å². The Balaban J connectivity index is 1.35. The van der Waals surface area contributed by atoms with Gasteiger partial charge in [-0.3, -0.25) is 4.79 Å². The molecule has 1 fully saturated rings. The van der Waals surface area contributed by atoms with Crippen LogP contribution in [0.25, 0.3) is 10.9 Å². The summed E-state index contributed by atoms with van der Waals surface area (Å²) in [5.41, 5.74) is 3.98. The molecule has 7 nitrogen and oxygen atoms in total. The fourth-order valence-electron chi connectivity index (χ4n) is 5.19. The maximum atomic E-state index is 13.2. The van der Waals surface area contributed by atoms with Crippen molar-refractivity contribution in [3.8, 4) is 0 Å². The fourth-order valence-corrected chi connectivity index (χ4v) is 5.83. The van der Waals surface area contributed by atoms with E-state index in [1.165, 1.54) is 17.4 Å². The number of nitrogens with one attached hydrogen (secondary N) is 1. The molecule has 1 aromatic heterocycles. The first-order valence-corrected chi connectivity index (χ1v) is 13.8. The van der Waals surface area contributed by atoms with Gasteiger partial charge in [0.05, 0.1) is 28.1 Å². The lowest BCUT2D eigenvalue weighted by atomic mass is 9.87. The smallest absolute Gasteiger partial charge is 0.226 e. The van der Waals surface area contributed by atoms with E-state index in [1.807, 2.05) is 13.0 Å². The number of nitrogens with zero attached hydrogens (tertiary/aromatic N) is 3. The molecule has 0 unspecified atom stereocenters. The van der Waals surface area contributed by atoms with Crippen molar-refractivity contribution in [1.82, 2.24) is 15.3 Å². The van der Waals surface area contributed by atoms with Crippen molar-refractivity contribution in [3.63, 3.8) is 0 Å². The van der Waals surface area contributed by atoms with E-state index in [0.717, 1.165) is 49.7 Å². The van der Waals surface area contributed by atoms with Crippen LogP contribution in [0.1, 0.15) is 48.5 Å². The molecule has 0 radical (unpaired) electrons. The van der Waals surface area contributed by atoms with Crippen molar-refractivity contribution in [1.29, 1.82) is 0 Å². The number of aromatic nitrogens is 2. The molecule has 2 aromatic carbocycles. The summed E-state index contributed by atoms with van der Waals surface area (Å²) >= 11 is 0. The number of carbonyl (C=O) groups excluding carboxylic acids is 1. The second-order valence-electron chi connectivity index (χ2n) is 9.50. The zero-order valence-corrected chi connectivity index (χ0v) is 20.4. The van der Waals surface area contributed by atoms with Crippen LogP contribution in [0.5, 0.6) is 0 Å². The molecule has 1 N–H and O–H groups in total. The van der Waals surface area contributed by atoms with E-state index < -0.39 is 9.84 Å². The van der Waals surface area contributed by atoms with Crippen LogP contribution < -0.4 is 10.2 Å². The first-order valence-electron chi connectivity index (χ1n) is 11.9. The van der Waals surface area contributed by atoms with E-state index in [0.29, 0.717) is 18.0 Å². The van der Waals surface area contributed by atoms with Crippen LogP contribution in [0.2, 0.25) is 0 Å². The Hall–Kier alpha value is -3.00. The molecule has 3 aromatic rings. The lowest BCUT2D eigenvalue weighted by Gasteiger charge is -2.34. The Kier molecular flexibility index (Phi) is 6.02. The van der Waals surface area contributed by atoms with Crippen molar-refractivity contribution in [3.05, 3.63) is 59.3 Å². The van der Waals surface area contributed by atoms with Crippen molar-refractivity contribution < 1.29 is 13.2 Å². The topological polar surface area (TPSA) is 92.3 Å². The van der Waals surface area contributed by atoms with E-state index in [-0.39, 0.29) is 22.8 Å². The van der Waals surface area contributed by atoms with Crippen LogP contribution in [0, 0.1) is 12.8 Å². The van der Waals surface area contributed by atoms with Gasteiger partial charge in [-0.25, -0.2) is 18.4 Å². The number of hydrogen-bond acceptors (Lipinski definition) is 6. The summed E-state index contributed by atoms with van der Waals surface area (Å²) in [7, 11) is -3.33. The zero-order chi connectivity index (χ0) is 23.9. The van der Waals surface area contributed by atoms with Crippen LogP contribution in [0.15, 0.2) is 47.4 Å². The lowest BCUT2D eigenvalue weighted by molar-refractivity contribution is -0.126. The Morgan fingerprint density at radius 2 is 1.91 bits per heavy atom. The van der Waals surface area contributed by atoms with Crippen LogP contribution in [-0.4, -0.2) is 43.6 Å². The zero-order valence-electron chi connectivity index (χ0n) is 19.6. The predicted molar refractivity (Wildman–Crippen MR) is 133 cm³/mol. The van der Waals surface area contributed by atoms with Gasteiger partial charge in [0.25, 0.3) is 0 Å². The summed E-state index contributed by atoms with van der Waals surface area (Å²) in [6.45, 7) is 3.23. The highest BCUT2D eigenvalue weighted by molar-refractivity contribution is 7.90. The molecule has 1 saturated heterocycles. The monoisotopic (exact) mass is 478 g/mol. The van der Waals surface area contributed by atoms with Gasteiger partial charge in [-0.05, 0) is 68.4 Å². The minimum atomic E-state index is -3.33. The van der Waals surface area contributed by atoms with Crippen LogP contribution in [0.3, 0.4) is 0 Å². The average Bonchev–Trinajstić information content (AvgIpc) is 2.83. The Labute approximate surface area is 200 Å². The summed E-state index contributed by atoms with van der Waals surface area (Å²) < 4.78 is 24.0. The van der Waals surface area contributed by atoms with Crippen molar-refractivity contribution in [2.24, 2.45) is 5.92 Å². The van der Waals surface area contributed by atoms with E-state index >= 15 is 0 Å². The summed E-state index contributed by atoms with van der Waals surface area (Å²) in [5.74, 6) is 0.504. The van der Waals surface area contributed by atoms with Gasteiger partial charge in [-0.1, -0.05) is 24.3 Å². The molecule has 1 amide bonds. The second kappa shape index (κ2) is 8.98. The number of piperidine rings is 1. The lowest BCUT2D eigenvalue weighted by Crippen LogP contribution is -2.45. The molecule has 8 heteroatoms. The highest BCUT2D eigenvalue weighted by atomic mass is 32.2. The Bertz CT molecular complexity index is 1360. The molecular formula is C26H30N4O3S. The van der Waals surface area contributed by atoms with E-state index in [4.69, 9.17) is 4.98 Å². The highest BCUT2D eigenvalue weighted by Gasteiger charge is 2.30. The normalized spacial score (nSPS) is 20.7. The van der Waals surface area contributed by atoms with Crippen molar-refractivity contribution in [2.45, 2.75) is 50.0 Å². The van der Waals surface area contributed by atoms with E-state index in [1.54, 1.807) is 18.2 Å². The molecule has 0 saturated carbocycles. The van der Waals surface area contributed by atoms with Gasteiger partial charge in [-0.2, -0.15) is 0 Å². The number of hydrogen-bond donors (Lipinski definition) is 1. The quantitative estimate of drug-likeness (QED) is 0.614. The van der Waals surface area contributed by atoms with Crippen molar-refractivity contribution >= 4 is 32.6 Å². The van der Waals surface area contributed by atoms with Gasteiger partial charge in [0.15, 0.2) is 9.84 Å². The number of carbonyl (C=O) groups is 1. The largest absolute Gasteiger partial charge is 0.349 e. The van der Waals surface area contributed by atoms with E-state index in [2.05, 4.69) is 33.4 Å². The summed E-state index contributed by atoms with van der Waals surface area (Å²) in [5, 5.41) is 4.14. The highest BCUT2D eigenvalue weighted by Crippen LogP contribution is 2.31. The molecule has 0 spiro atoms. The molecular weight excluding hydrogens is 448 g/mol. The number of amides is 1. The van der Waals surface area contributed by atoms with Gasteiger partial charge in [0.1, 0.15) is 0 Å². The molecule has 2 heterocycles. The maximum Gasteiger partial charge on any atom is 0.226 e. The number of anilines is 1. The Morgan fingerprint density at radius 3 is 2.74 bits per heavy atom. The maximum absolute atomic E-state index is 13.2. The fraction of sp³-hybridized carbons (Fsp3) is 0.423. The van der Waals surface area contributed by atoms with Gasteiger partial charge >= 0.3 is 0 Å². The molecule has 2 atom stereocenters. The third kappa shape index (κ3) is 4.51. The minimum Gasteiger partial charge on any atom is -0.349 e. The number of rotatable bonds is 4. The summed E-state index contributed by atoms with van der Waals surface area (Å²) in [6, 6.07) is 13.4. The number of sulfone groups is 1. The first kappa shape index (κ1) is 22.8. The van der Waals surface area contributed by atoms with Crippen LogP contribution in [-0.2, 0) is 21.1 Å². The summed E-state index contributed by atoms with van der Waals surface area (Å²) in [4.78, 5) is 24.9. The molecule has 1 aliphatic heterocycles. The molecule has 5 rings (SSSR count). The van der Waals surface area contributed by atoms with Gasteiger partial charge in [0.2, 0.25) is 11.9 Å². The van der Waals surface area contributed by atoms with Gasteiger partial charge < -0.3 is 10.2 Å². The average molecular weight is 479 g/mol. The molecule has 178 valence electrons. The predicted octanol–water partition coefficient (Wildman–Crippen LogP) is 3.75. The van der Waals surface area contributed by atoms with Crippen LogP contribution >= 0.6 is 0 Å². The molecule has 34 heavy (non-hydrogen) atoms. The summed E-state index contributed by atoms with van der Waals surface area (Å²) in [6.07, 6.45) is 6.03. The molecule has 0 bridgehead atoms. The SMILES string of the molecule is Cc1nc(N2CCC[C@@H](C(=O)N[C@H]3CCCc4ccccc43)C2)nc2cc(S(C)(=O)=O)ccc12. The van der Waals surface area contributed by atoms with Gasteiger partial charge in [-0.15, -0.1) is 0 Å². The molecule has 2 aliphatic rings.